The number of thioether (sulfide) groups is 1. The van der Waals surface area contributed by atoms with Crippen molar-refractivity contribution in [2.75, 3.05) is 26.9 Å². The lowest BCUT2D eigenvalue weighted by Crippen LogP contribution is -2.47. The van der Waals surface area contributed by atoms with Crippen LogP contribution in [-0.2, 0) is 9.53 Å². The maximum Gasteiger partial charge on any atom is 0.260 e. The van der Waals surface area contributed by atoms with Crippen LogP contribution in [0.25, 0.3) is 0 Å². The van der Waals surface area contributed by atoms with E-state index in [0.29, 0.717) is 18.4 Å². The molecule has 0 heterocycles. The van der Waals surface area contributed by atoms with Crippen LogP contribution in [0.3, 0.4) is 0 Å². The van der Waals surface area contributed by atoms with Crippen LogP contribution in [0.5, 0.6) is 5.75 Å². The molecule has 0 N–H and O–H groups in total. The summed E-state index contributed by atoms with van der Waals surface area (Å²) in [7, 11) is 1.67. The standard InChI is InChI=1S/C22H27NO3S/c1-25-16-15-23(22(24)17-26-18-9-4-2-5-10-18)20-13-8-14-21(20)27-19-11-6-3-7-12-19/h2-7,9-12,20-21H,8,13-17H2,1H3. The summed E-state index contributed by atoms with van der Waals surface area (Å²) in [6.07, 6.45) is 3.30. The van der Waals surface area contributed by atoms with E-state index < -0.39 is 0 Å². The zero-order chi connectivity index (χ0) is 18.9. The summed E-state index contributed by atoms with van der Waals surface area (Å²) >= 11 is 1.88. The van der Waals surface area contributed by atoms with Crippen molar-refractivity contribution in [3.8, 4) is 5.75 Å². The first-order chi connectivity index (χ1) is 13.3. The van der Waals surface area contributed by atoms with Gasteiger partial charge >= 0.3 is 0 Å². The molecule has 0 aromatic heterocycles. The fourth-order valence-corrected chi connectivity index (χ4v) is 4.87. The first-order valence-electron chi connectivity index (χ1n) is 9.46. The Balaban J connectivity index is 1.65. The number of carbonyl (C=O) groups is 1. The molecule has 1 saturated carbocycles. The highest BCUT2D eigenvalue weighted by atomic mass is 32.2. The Bertz CT molecular complexity index is 695. The fourth-order valence-electron chi connectivity index (χ4n) is 3.48. The summed E-state index contributed by atoms with van der Waals surface area (Å²) in [5, 5.41) is 0.407. The molecule has 4 nitrogen and oxygen atoms in total. The molecule has 1 aliphatic rings. The van der Waals surface area contributed by atoms with Gasteiger partial charge in [-0.2, -0.15) is 0 Å². The molecule has 144 valence electrons. The van der Waals surface area contributed by atoms with Gasteiger partial charge in [0.15, 0.2) is 6.61 Å². The van der Waals surface area contributed by atoms with E-state index in [1.165, 1.54) is 4.90 Å². The van der Waals surface area contributed by atoms with Crippen molar-refractivity contribution in [3.63, 3.8) is 0 Å². The summed E-state index contributed by atoms with van der Waals surface area (Å²) in [5.74, 6) is 0.751. The van der Waals surface area contributed by atoms with Crippen molar-refractivity contribution in [1.29, 1.82) is 0 Å². The van der Waals surface area contributed by atoms with Crippen LogP contribution in [0.4, 0.5) is 0 Å². The number of amides is 1. The highest BCUT2D eigenvalue weighted by Crippen LogP contribution is 2.37. The average Bonchev–Trinajstić information content (AvgIpc) is 3.16. The first-order valence-corrected chi connectivity index (χ1v) is 10.3. The minimum Gasteiger partial charge on any atom is -0.484 e. The van der Waals surface area contributed by atoms with E-state index in [1.54, 1.807) is 7.11 Å². The maximum atomic E-state index is 12.9. The zero-order valence-electron chi connectivity index (χ0n) is 15.8. The molecular weight excluding hydrogens is 358 g/mol. The third-order valence-electron chi connectivity index (χ3n) is 4.81. The molecule has 2 atom stereocenters. The summed E-state index contributed by atoms with van der Waals surface area (Å²) in [5.41, 5.74) is 0. The second-order valence-electron chi connectivity index (χ2n) is 6.65. The van der Waals surface area contributed by atoms with Crippen LogP contribution in [0.2, 0.25) is 0 Å². The molecule has 0 bridgehead atoms. The molecule has 1 amide bonds. The monoisotopic (exact) mass is 385 g/mol. The minimum absolute atomic E-state index is 0.0291. The zero-order valence-corrected chi connectivity index (χ0v) is 16.6. The SMILES string of the molecule is COCCN(C(=O)COc1ccccc1)C1CCCC1Sc1ccccc1. The van der Waals surface area contributed by atoms with Crippen molar-refractivity contribution in [2.45, 2.75) is 35.4 Å². The van der Waals surface area contributed by atoms with E-state index in [-0.39, 0.29) is 18.6 Å². The maximum absolute atomic E-state index is 12.9. The molecule has 3 rings (SSSR count). The van der Waals surface area contributed by atoms with Crippen LogP contribution in [0, 0.1) is 0 Å². The minimum atomic E-state index is 0.0291. The van der Waals surface area contributed by atoms with Gasteiger partial charge in [0, 0.05) is 29.8 Å². The third-order valence-corrected chi connectivity index (χ3v) is 6.21. The van der Waals surface area contributed by atoms with E-state index in [0.717, 1.165) is 25.0 Å². The predicted molar refractivity (Wildman–Crippen MR) is 109 cm³/mol. The van der Waals surface area contributed by atoms with Crippen LogP contribution >= 0.6 is 11.8 Å². The van der Waals surface area contributed by atoms with Crippen LogP contribution < -0.4 is 4.74 Å². The molecule has 27 heavy (non-hydrogen) atoms. The Morgan fingerprint density at radius 2 is 1.78 bits per heavy atom. The number of methoxy groups -OCH3 is 1. The van der Waals surface area contributed by atoms with Crippen molar-refractivity contribution >= 4 is 17.7 Å². The second kappa shape index (κ2) is 10.4. The van der Waals surface area contributed by atoms with Gasteiger partial charge in [-0.25, -0.2) is 0 Å². The predicted octanol–water partition coefficient (Wildman–Crippen LogP) is 4.25. The van der Waals surface area contributed by atoms with E-state index in [2.05, 4.69) is 24.3 Å². The highest BCUT2D eigenvalue weighted by Gasteiger charge is 2.35. The Hall–Kier alpha value is -1.98. The molecule has 0 radical (unpaired) electrons. The van der Waals surface area contributed by atoms with Crippen molar-refractivity contribution < 1.29 is 14.3 Å². The number of carbonyl (C=O) groups excluding carboxylic acids is 1. The fraction of sp³-hybridized carbons (Fsp3) is 0.409. The number of hydrogen-bond acceptors (Lipinski definition) is 4. The Morgan fingerprint density at radius 1 is 1.07 bits per heavy atom. The van der Waals surface area contributed by atoms with E-state index >= 15 is 0 Å². The molecule has 2 aromatic carbocycles. The quantitative estimate of drug-likeness (QED) is 0.647. The van der Waals surface area contributed by atoms with Gasteiger partial charge in [-0.1, -0.05) is 42.8 Å². The lowest BCUT2D eigenvalue weighted by atomic mass is 10.2. The summed E-state index contributed by atoms with van der Waals surface area (Å²) < 4.78 is 11.0. The average molecular weight is 386 g/mol. The molecule has 2 unspecified atom stereocenters. The van der Waals surface area contributed by atoms with Gasteiger partial charge in [0.05, 0.1) is 6.61 Å². The topological polar surface area (TPSA) is 38.8 Å². The molecule has 1 aliphatic carbocycles. The number of nitrogens with zero attached hydrogens (tertiary/aromatic N) is 1. The second-order valence-corrected chi connectivity index (χ2v) is 7.96. The molecule has 0 saturated heterocycles. The van der Waals surface area contributed by atoms with Gasteiger partial charge in [0.2, 0.25) is 0 Å². The lowest BCUT2D eigenvalue weighted by molar-refractivity contribution is -0.136. The van der Waals surface area contributed by atoms with E-state index in [4.69, 9.17) is 9.47 Å². The van der Waals surface area contributed by atoms with E-state index in [1.807, 2.05) is 53.1 Å². The van der Waals surface area contributed by atoms with Crippen LogP contribution in [0.15, 0.2) is 65.6 Å². The van der Waals surface area contributed by atoms with Crippen LogP contribution in [0.1, 0.15) is 19.3 Å². The van der Waals surface area contributed by atoms with Gasteiger partial charge < -0.3 is 14.4 Å². The smallest absolute Gasteiger partial charge is 0.260 e. The molecule has 0 aliphatic heterocycles. The summed E-state index contributed by atoms with van der Waals surface area (Å²) in [6, 6.07) is 20.2. The Labute approximate surface area is 165 Å². The molecule has 2 aromatic rings. The lowest BCUT2D eigenvalue weighted by Gasteiger charge is -2.33. The van der Waals surface area contributed by atoms with Gasteiger partial charge in [0.25, 0.3) is 5.91 Å². The van der Waals surface area contributed by atoms with Crippen LogP contribution in [-0.4, -0.2) is 49.0 Å². The number of para-hydroxylation sites is 1. The van der Waals surface area contributed by atoms with Gasteiger partial charge in [-0.05, 0) is 37.1 Å². The van der Waals surface area contributed by atoms with Crippen molar-refractivity contribution in [2.24, 2.45) is 0 Å². The molecule has 0 spiro atoms. The normalized spacial score (nSPS) is 19.0. The van der Waals surface area contributed by atoms with Gasteiger partial charge in [0.1, 0.15) is 5.75 Å². The number of hydrogen-bond donors (Lipinski definition) is 0. The summed E-state index contributed by atoms with van der Waals surface area (Å²) in [4.78, 5) is 16.2. The van der Waals surface area contributed by atoms with Gasteiger partial charge in [-0.15, -0.1) is 11.8 Å². The third kappa shape index (κ3) is 5.75. The summed E-state index contributed by atoms with van der Waals surface area (Å²) in [6.45, 7) is 1.20. The molecule has 1 fully saturated rings. The Kier molecular flexibility index (Phi) is 7.60. The molecule has 5 heteroatoms. The van der Waals surface area contributed by atoms with Gasteiger partial charge in [-0.3, -0.25) is 4.79 Å². The highest BCUT2D eigenvalue weighted by molar-refractivity contribution is 8.00. The van der Waals surface area contributed by atoms with Crippen molar-refractivity contribution in [3.05, 3.63) is 60.7 Å². The first kappa shape index (κ1) is 19.8. The Morgan fingerprint density at radius 3 is 2.48 bits per heavy atom. The number of benzene rings is 2. The largest absolute Gasteiger partial charge is 0.484 e. The molecular formula is C22H27NO3S. The number of ether oxygens (including phenoxy) is 2. The van der Waals surface area contributed by atoms with Crippen molar-refractivity contribution in [1.82, 2.24) is 4.90 Å². The number of rotatable bonds is 9. The van der Waals surface area contributed by atoms with E-state index in [9.17, 15) is 4.79 Å².